The average Bonchev–Trinajstić information content (AvgIpc) is 3.25. The Morgan fingerprint density at radius 3 is 2.96 bits per heavy atom. The summed E-state index contributed by atoms with van der Waals surface area (Å²) in [4.78, 5) is 7.13. The maximum atomic E-state index is 5.73. The number of benzene rings is 1. The van der Waals surface area contributed by atoms with Gasteiger partial charge in [-0.2, -0.15) is 0 Å². The third kappa shape index (κ3) is 4.48. The summed E-state index contributed by atoms with van der Waals surface area (Å²) in [7, 11) is 0. The number of hydrogen-bond donors (Lipinski definition) is 1. The normalized spacial score (nSPS) is 24.0. The molecule has 0 aliphatic carbocycles. The van der Waals surface area contributed by atoms with Gasteiger partial charge in [0.15, 0.2) is 5.96 Å². The molecule has 132 valence electrons. The molecular formula is C19H29N3O2. The molecule has 0 bridgehead atoms. The highest BCUT2D eigenvalue weighted by Gasteiger charge is 2.42. The fourth-order valence-electron chi connectivity index (χ4n) is 3.49. The van der Waals surface area contributed by atoms with E-state index in [9.17, 15) is 0 Å². The maximum Gasteiger partial charge on any atom is 0.194 e. The van der Waals surface area contributed by atoms with Gasteiger partial charge in [-0.1, -0.05) is 30.3 Å². The van der Waals surface area contributed by atoms with Gasteiger partial charge in [0.05, 0.1) is 26.4 Å². The lowest BCUT2D eigenvalue weighted by Crippen LogP contribution is -2.41. The minimum Gasteiger partial charge on any atom is -0.381 e. The molecule has 0 radical (unpaired) electrons. The Kier molecular flexibility index (Phi) is 6.10. The van der Waals surface area contributed by atoms with Crippen molar-refractivity contribution in [2.45, 2.75) is 26.4 Å². The van der Waals surface area contributed by atoms with Crippen molar-refractivity contribution >= 4 is 5.96 Å². The topological polar surface area (TPSA) is 46.1 Å². The van der Waals surface area contributed by atoms with Crippen LogP contribution in [-0.2, 0) is 16.1 Å². The minimum absolute atomic E-state index is 0.361. The van der Waals surface area contributed by atoms with Crippen molar-refractivity contribution < 1.29 is 9.47 Å². The van der Waals surface area contributed by atoms with Crippen molar-refractivity contribution in [1.29, 1.82) is 0 Å². The molecule has 1 aromatic carbocycles. The third-order valence-electron chi connectivity index (χ3n) is 4.87. The molecule has 2 saturated heterocycles. The van der Waals surface area contributed by atoms with Crippen LogP contribution in [0.2, 0.25) is 0 Å². The first-order chi connectivity index (χ1) is 11.8. The molecule has 2 heterocycles. The van der Waals surface area contributed by atoms with Crippen LogP contribution in [0.3, 0.4) is 0 Å². The molecule has 2 fully saturated rings. The Labute approximate surface area is 145 Å². The number of nitrogens with one attached hydrogen (secondary N) is 1. The number of hydrogen-bond acceptors (Lipinski definition) is 3. The van der Waals surface area contributed by atoms with Crippen LogP contribution in [0.5, 0.6) is 0 Å². The average molecular weight is 331 g/mol. The van der Waals surface area contributed by atoms with Crippen LogP contribution < -0.4 is 5.32 Å². The molecule has 1 unspecified atom stereocenters. The van der Waals surface area contributed by atoms with Crippen molar-refractivity contribution in [3.63, 3.8) is 0 Å². The fraction of sp³-hybridized carbons (Fsp3) is 0.632. The monoisotopic (exact) mass is 331 g/mol. The molecule has 24 heavy (non-hydrogen) atoms. The van der Waals surface area contributed by atoms with E-state index in [4.69, 9.17) is 14.5 Å². The van der Waals surface area contributed by atoms with E-state index in [1.807, 2.05) is 18.2 Å². The second-order valence-electron chi connectivity index (χ2n) is 6.75. The highest BCUT2D eigenvalue weighted by Crippen LogP contribution is 2.38. The summed E-state index contributed by atoms with van der Waals surface area (Å²) >= 11 is 0. The molecule has 3 rings (SSSR count). The van der Waals surface area contributed by atoms with Crippen LogP contribution >= 0.6 is 0 Å². The van der Waals surface area contributed by atoms with Gasteiger partial charge in [-0.25, -0.2) is 0 Å². The third-order valence-corrected chi connectivity index (χ3v) is 4.87. The van der Waals surface area contributed by atoms with Crippen molar-refractivity contribution in [3.8, 4) is 0 Å². The van der Waals surface area contributed by atoms with Crippen molar-refractivity contribution in [1.82, 2.24) is 10.2 Å². The van der Waals surface area contributed by atoms with E-state index in [2.05, 4.69) is 29.3 Å². The van der Waals surface area contributed by atoms with Crippen molar-refractivity contribution in [2.24, 2.45) is 10.4 Å². The van der Waals surface area contributed by atoms with E-state index < -0.39 is 0 Å². The summed E-state index contributed by atoms with van der Waals surface area (Å²) in [5.41, 5.74) is 1.57. The SMILES string of the molecule is CCNC(=NCCOCc1ccccc1)N1CCC2(CCOC2)C1. The summed E-state index contributed by atoms with van der Waals surface area (Å²) in [6, 6.07) is 10.3. The van der Waals surface area contributed by atoms with Crippen LogP contribution in [0.4, 0.5) is 0 Å². The Bertz CT molecular complexity index is 527. The summed E-state index contributed by atoms with van der Waals surface area (Å²) in [6.45, 7) is 8.94. The van der Waals surface area contributed by atoms with Crippen molar-refractivity contribution in [2.75, 3.05) is 46.0 Å². The number of likely N-dealkylation sites (tertiary alicyclic amines) is 1. The molecule has 1 spiro atoms. The smallest absolute Gasteiger partial charge is 0.194 e. The molecule has 1 atom stereocenters. The lowest BCUT2D eigenvalue weighted by Gasteiger charge is -2.25. The number of rotatable bonds is 6. The molecule has 0 saturated carbocycles. The number of guanidine groups is 1. The number of ether oxygens (including phenoxy) is 2. The molecule has 2 aliphatic heterocycles. The molecule has 5 nitrogen and oxygen atoms in total. The number of aliphatic imine (C=N–C) groups is 1. The second-order valence-corrected chi connectivity index (χ2v) is 6.75. The molecule has 0 aromatic heterocycles. The zero-order valence-electron chi connectivity index (χ0n) is 14.7. The molecule has 2 aliphatic rings. The van der Waals surface area contributed by atoms with Gasteiger partial charge in [0.1, 0.15) is 0 Å². The van der Waals surface area contributed by atoms with Gasteiger partial charge < -0.3 is 19.7 Å². The van der Waals surface area contributed by atoms with E-state index in [-0.39, 0.29) is 0 Å². The summed E-state index contributed by atoms with van der Waals surface area (Å²) in [5.74, 6) is 1.02. The molecule has 0 amide bonds. The Morgan fingerprint density at radius 1 is 1.33 bits per heavy atom. The van der Waals surface area contributed by atoms with E-state index >= 15 is 0 Å². The first-order valence-electron chi connectivity index (χ1n) is 9.04. The van der Waals surface area contributed by atoms with Gasteiger partial charge in [0.2, 0.25) is 0 Å². The lowest BCUT2D eigenvalue weighted by molar-refractivity contribution is 0.128. The van der Waals surface area contributed by atoms with Crippen molar-refractivity contribution in [3.05, 3.63) is 35.9 Å². The second kappa shape index (κ2) is 8.49. The van der Waals surface area contributed by atoms with E-state index in [1.165, 1.54) is 18.4 Å². The van der Waals surface area contributed by atoms with E-state index in [1.54, 1.807) is 0 Å². The highest BCUT2D eigenvalue weighted by molar-refractivity contribution is 5.80. The predicted octanol–water partition coefficient (Wildman–Crippen LogP) is 2.28. The number of nitrogens with zero attached hydrogens (tertiary/aromatic N) is 2. The van der Waals surface area contributed by atoms with E-state index in [0.717, 1.165) is 38.8 Å². The lowest BCUT2D eigenvalue weighted by atomic mass is 9.87. The van der Waals surface area contributed by atoms with Crippen LogP contribution in [0, 0.1) is 5.41 Å². The standard InChI is InChI=1S/C19H29N3O2/c1-2-20-18(22-11-8-19(15-22)9-12-24-16-19)21-10-13-23-14-17-6-4-3-5-7-17/h3-7H,2,8-16H2,1H3,(H,20,21). The van der Waals surface area contributed by atoms with Crippen LogP contribution in [0.25, 0.3) is 0 Å². The fourth-order valence-corrected chi connectivity index (χ4v) is 3.49. The zero-order valence-corrected chi connectivity index (χ0v) is 14.7. The van der Waals surface area contributed by atoms with Crippen LogP contribution in [0.15, 0.2) is 35.3 Å². The molecule has 1 N–H and O–H groups in total. The summed E-state index contributed by atoms with van der Waals surface area (Å²) in [6.07, 6.45) is 2.39. The van der Waals surface area contributed by atoms with Gasteiger partial charge in [0, 0.05) is 31.7 Å². The van der Waals surface area contributed by atoms with Crippen LogP contribution in [-0.4, -0.2) is 56.9 Å². The first kappa shape index (κ1) is 17.2. The molecule has 1 aromatic rings. The largest absolute Gasteiger partial charge is 0.381 e. The Hall–Kier alpha value is -1.59. The maximum absolute atomic E-state index is 5.73. The summed E-state index contributed by atoms with van der Waals surface area (Å²) < 4.78 is 11.3. The highest BCUT2D eigenvalue weighted by atomic mass is 16.5. The van der Waals surface area contributed by atoms with Gasteiger partial charge >= 0.3 is 0 Å². The molecular weight excluding hydrogens is 302 g/mol. The Morgan fingerprint density at radius 2 is 2.21 bits per heavy atom. The zero-order chi connectivity index (χ0) is 16.7. The van der Waals surface area contributed by atoms with Gasteiger partial charge in [-0.05, 0) is 25.3 Å². The quantitative estimate of drug-likeness (QED) is 0.493. The first-order valence-corrected chi connectivity index (χ1v) is 9.04. The molecule has 5 heteroatoms. The van der Waals surface area contributed by atoms with Gasteiger partial charge in [0.25, 0.3) is 0 Å². The van der Waals surface area contributed by atoms with Gasteiger partial charge in [-0.3, -0.25) is 4.99 Å². The minimum atomic E-state index is 0.361. The predicted molar refractivity (Wildman–Crippen MR) is 96.1 cm³/mol. The van der Waals surface area contributed by atoms with E-state index in [0.29, 0.717) is 25.2 Å². The summed E-state index contributed by atoms with van der Waals surface area (Å²) in [5, 5.41) is 3.42. The van der Waals surface area contributed by atoms with Crippen LogP contribution in [0.1, 0.15) is 25.3 Å². The Balaban J connectivity index is 1.45. The van der Waals surface area contributed by atoms with Gasteiger partial charge in [-0.15, -0.1) is 0 Å².